The normalized spacial score (nSPS) is 22.0. The third-order valence-electron chi connectivity index (χ3n) is 5.72. The summed E-state index contributed by atoms with van der Waals surface area (Å²) in [5.74, 6) is 2.53. The van der Waals surface area contributed by atoms with Crippen molar-refractivity contribution < 1.29 is 9.26 Å². The molecule has 7 heteroatoms. The molecule has 0 radical (unpaired) electrons. The van der Waals surface area contributed by atoms with Crippen LogP contribution in [-0.2, 0) is 11.2 Å². The van der Waals surface area contributed by atoms with Gasteiger partial charge >= 0.3 is 0 Å². The molecule has 1 fully saturated rings. The molecule has 2 rings (SSSR count). The van der Waals surface area contributed by atoms with Crippen molar-refractivity contribution in [3.8, 4) is 0 Å². The first-order valence-corrected chi connectivity index (χ1v) is 10.5. The standard InChI is InChI=1S/C20H37N5O2/c1-7-20(8-2)15(13-16(20)26-10-4)23-19(21-9-3)22-12-11-17-24-18(14(5)6)25-27-17/h14-16H,7-13H2,1-6H3,(H2,21,22,23). The lowest BCUT2D eigenvalue weighted by molar-refractivity contribution is -0.133. The Hall–Kier alpha value is -1.63. The number of hydrogen-bond donors (Lipinski definition) is 2. The quantitative estimate of drug-likeness (QED) is 0.479. The Labute approximate surface area is 163 Å². The van der Waals surface area contributed by atoms with Gasteiger partial charge in [0.25, 0.3) is 0 Å². The summed E-state index contributed by atoms with van der Waals surface area (Å²) in [6, 6.07) is 0.387. The maximum Gasteiger partial charge on any atom is 0.228 e. The van der Waals surface area contributed by atoms with Crippen molar-refractivity contribution in [2.24, 2.45) is 10.4 Å². The lowest BCUT2D eigenvalue weighted by atomic mass is 9.58. The van der Waals surface area contributed by atoms with Crippen molar-refractivity contribution in [2.75, 3.05) is 19.7 Å². The zero-order valence-electron chi connectivity index (χ0n) is 17.8. The second-order valence-corrected chi connectivity index (χ2v) is 7.53. The maximum absolute atomic E-state index is 5.98. The van der Waals surface area contributed by atoms with Crippen LogP contribution in [0, 0.1) is 5.41 Å². The fourth-order valence-electron chi connectivity index (χ4n) is 3.94. The Bertz CT molecular complexity index is 595. The Balaban J connectivity index is 1.96. The van der Waals surface area contributed by atoms with Crippen LogP contribution in [0.1, 0.15) is 78.4 Å². The van der Waals surface area contributed by atoms with Crippen LogP contribution in [0.5, 0.6) is 0 Å². The van der Waals surface area contributed by atoms with Crippen LogP contribution in [0.4, 0.5) is 0 Å². The minimum absolute atomic E-state index is 0.185. The van der Waals surface area contributed by atoms with Gasteiger partial charge in [0.2, 0.25) is 5.89 Å². The number of guanidine groups is 1. The van der Waals surface area contributed by atoms with Crippen molar-refractivity contribution in [3.05, 3.63) is 11.7 Å². The molecule has 1 heterocycles. The highest BCUT2D eigenvalue weighted by Gasteiger charge is 2.53. The third-order valence-corrected chi connectivity index (χ3v) is 5.72. The van der Waals surface area contributed by atoms with E-state index in [0.717, 1.165) is 44.2 Å². The van der Waals surface area contributed by atoms with E-state index in [1.165, 1.54) is 0 Å². The molecule has 2 N–H and O–H groups in total. The molecule has 2 atom stereocenters. The van der Waals surface area contributed by atoms with Crippen molar-refractivity contribution in [1.82, 2.24) is 20.8 Å². The predicted molar refractivity (Wildman–Crippen MR) is 108 cm³/mol. The topological polar surface area (TPSA) is 84.6 Å². The number of rotatable bonds is 10. The van der Waals surface area contributed by atoms with Crippen LogP contribution in [0.15, 0.2) is 9.52 Å². The average Bonchev–Trinajstić information content (AvgIpc) is 3.11. The smallest absolute Gasteiger partial charge is 0.228 e. The molecule has 7 nitrogen and oxygen atoms in total. The fraction of sp³-hybridized carbons (Fsp3) is 0.850. The molecule has 0 saturated heterocycles. The number of ether oxygens (including phenoxy) is 1. The summed E-state index contributed by atoms with van der Waals surface area (Å²) in [4.78, 5) is 9.13. The largest absolute Gasteiger partial charge is 0.378 e. The highest BCUT2D eigenvalue weighted by atomic mass is 16.5. The van der Waals surface area contributed by atoms with E-state index in [-0.39, 0.29) is 11.3 Å². The zero-order chi connectivity index (χ0) is 19.9. The molecule has 1 aliphatic carbocycles. The van der Waals surface area contributed by atoms with E-state index in [2.05, 4.69) is 62.3 Å². The molecule has 2 unspecified atom stereocenters. The predicted octanol–water partition coefficient (Wildman–Crippen LogP) is 3.27. The summed E-state index contributed by atoms with van der Waals surface area (Å²) >= 11 is 0. The molecule has 154 valence electrons. The van der Waals surface area contributed by atoms with E-state index >= 15 is 0 Å². The van der Waals surface area contributed by atoms with Gasteiger partial charge in [-0.15, -0.1) is 0 Å². The average molecular weight is 380 g/mol. The Morgan fingerprint density at radius 3 is 2.59 bits per heavy atom. The summed E-state index contributed by atoms with van der Waals surface area (Å²) in [5, 5.41) is 11.0. The van der Waals surface area contributed by atoms with E-state index < -0.39 is 0 Å². The molecular weight excluding hydrogens is 342 g/mol. The molecule has 0 aromatic carbocycles. The minimum Gasteiger partial charge on any atom is -0.378 e. The van der Waals surface area contributed by atoms with Crippen LogP contribution in [0.3, 0.4) is 0 Å². The molecule has 0 aliphatic heterocycles. The van der Waals surface area contributed by atoms with Gasteiger partial charge < -0.3 is 19.9 Å². The summed E-state index contributed by atoms with van der Waals surface area (Å²) in [7, 11) is 0. The zero-order valence-corrected chi connectivity index (χ0v) is 17.8. The van der Waals surface area contributed by atoms with E-state index in [0.29, 0.717) is 31.0 Å². The fourth-order valence-corrected chi connectivity index (χ4v) is 3.94. The van der Waals surface area contributed by atoms with E-state index in [9.17, 15) is 0 Å². The Morgan fingerprint density at radius 2 is 2.04 bits per heavy atom. The molecule has 1 aliphatic rings. The van der Waals surface area contributed by atoms with Crippen molar-refractivity contribution >= 4 is 5.96 Å². The van der Waals surface area contributed by atoms with Gasteiger partial charge in [0, 0.05) is 36.9 Å². The third kappa shape index (κ3) is 5.00. The van der Waals surface area contributed by atoms with Crippen LogP contribution >= 0.6 is 0 Å². The summed E-state index contributed by atoms with van der Waals surface area (Å²) in [6.07, 6.45) is 4.22. The van der Waals surface area contributed by atoms with Gasteiger partial charge in [0.15, 0.2) is 11.8 Å². The number of nitrogens with one attached hydrogen (secondary N) is 2. The van der Waals surface area contributed by atoms with Gasteiger partial charge in [0.05, 0.1) is 12.6 Å². The Kier molecular flexibility index (Phi) is 8.07. The lowest BCUT2D eigenvalue weighted by Crippen LogP contribution is -2.65. The molecule has 0 amide bonds. The number of aromatic nitrogens is 2. The molecule has 0 spiro atoms. The second kappa shape index (κ2) is 10.1. The van der Waals surface area contributed by atoms with Gasteiger partial charge in [-0.2, -0.15) is 4.98 Å². The molecule has 27 heavy (non-hydrogen) atoms. The van der Waals surface area contributed by atoms with Crippen LogP contribution in [0.25, 0.3) is 0 Å². The minimum atomic E-state index is 0.185. The van der Waals surface area contributed by atoms with E-state index in [4.69, 9.17) is 14.3 Å². The summed E-state index contributed by atoms with van der Waals surface area (Å²) in [5.41, 5.74) is 0.185. The van der Waals surface area contributed by atoms with Gasteiger partial charge in [-0.05, 0) is 33.1 Å². The molecule has 0 bridgehead atoms. The second-order valence-electron chi connectivity index (χ2n) is 7.53. The van der Waals surface area contributed by atoms with Crippen molar-refractivity contribution in [3.63, 3.8) is 0 Å². The summed E-state index contributed by atoms with van der Waals surface area (Å²) in [6.45, 7) is 15.0. The number of nitrogens with zero attached hydrogens (tertiary/aromatic N) is 3. The van der Waals surface area contributed by atoms with Crippen LogP contribution < -0.4 is 10.6 Å². The van der Waals surface area contributed by atoms with Gasteiger partial charge in [0.1, 0.15) is 0 Å². The first kappa shape index (κ1) is 21.7. The summed E-state index contributed by atoms with van der Waals surface area (Å²) < 4.78 is 11.3. The number of aliphatic imine (C=N–C) groups is 1. The number of hydrogen-bond acceptors (Lipinski definition) is 5. The first-order valence-electron chi connectivity index (χ1n) is 10.5. The monoisotopic (exact) mass is 379 g/mol. The van der Waals surface area contributed by atoms with Crippen LogP contribution in [0.2, 0.25) is 0 Å². The first-order chi connectivity index (χ1) is 13.0. The molecule has 1 aromatic rings. The van der Waals surface area contributed by atoms with Crippen LogP contribution in [-0.4, -0.2) is 47.9 Å². The lowest BCUT2D eigenvalue weighted by Gasteiger charge is -2.55. The highest BCUT2D eigenvalue weighted by molar-refractivity contribution is 5.80. The van der Waals surface area contributed by atoms with Gasteiger partial charge in [-0.1, -0.05) is 32.9 Å². The van der Waals surface area contributed by atoms with Crippen molar-refractivity contribution in [2.45, 2.75) is 85.3 Å². The SMILES string of the molecule is CCNC(=NCCc1nc(C(C)C)no1)NC1CC(OCC)C1(CC)CC. The van der Waals surface area contributed by atoms with Gasteiger partial charge in [-0.25, -0.2) is 0 Å². The molecule has 1 saturated carbocycles. The maximum atomic E-state index is 5.98. The Morgan fingerprint density at radius 1 is 1.30 bits per heavy atom. The van der Waals surface area contributed by atoms with E-state index in [1.54, 1.807) is 0 Å². The van der Waals surface area contributed by atoms with Crippen molar-refractivity contribution in [1.29, 1.82) is 0 Å². The highest BCUT2D eigenvalue weighted by Crippen LogP contribution is 2.48. The molecular formula is C20H37N5O2. The van der Waals surface area contributed by atoms with E-state index in [1.807, 2.05) is 0 Å². The van der Waals surface area contributed by atoms with Gasteiger partial charge in [-0.3, -0.25) is 4.99 Å². The molecule has 1 aromatic heterocycles.